The molecule has 7 heteroatoms. The number of hydrogen-bond donors (Lipinski definition) is 0. The first-order valence-electron chi connectivity index (χ1n) is 4.80. The van der Waals surface area contributed by atoms with Gasteiger partial charge in [0.05, 0.1) is 5.75 Å². The molecule has 0 atom stereocenters. The van der Waals surface area contributed by atoms with Crippen molar-refractivity contribution in [2.24, 2.45) is 0 Å². The van der Waals surface area contributed by atoms with E-state index >= 15 is 0 Å². The molecular formula is C10H12ClF2NO2S. The fourth-order valence-electron chi connectivity index (χ4n) is 1.25. The largest absolute Gasteiger partial charge is 0.215 e. The average Bonchev–Trinajstić information content (AvgIpc) is 2.23. The van der Waals surface area contributed by atoms with Crippen LogP contribution in [0.4, 0.5) is 8.78 Å². The fourth-order valence-corrected chi connectivity index (χ4v) is 2.68. The van der Waals surface area contributed by atoms with E-state index in [1.54, 1.807) is 0 Å². The van der Waals surface area contributed by atoms with Gasteiger partial charge in [-0.25, -0.2) is 21.5 Å². The zero-order chi connectivity index (χ0) is 13.1. The second-order valence-corrected chi connectivity index (χ2v) is 6.08. The van der Waals surface area contributed by atoms with Crippen LogP contribution in [0.5, 0.6) is 0 Å². The smallest absolute Gasteiger partial charge is 0.212 e. The van der Waals surface area contributed by atoms with E-state index in [1.807, 2.05) is 0 Å². The van der Waals surface area contributed by atoms with Gasteiger partial charge in [0.15, 0.2) is 11.6 Å². The van der Waals surface area contributed by atoms with Crippen LogP contribution in [-0.4, -0.2) is 31.4 Å². The molecule has 3 nitrogen and oxygen atoms in total. The highest BCUT2D eigenvalue weighted by Crippen LogP contribution is 2.12. The quantitative estimate of drug-likeness (QED) is 0.775. The lowest BCUT2D eigenvalue weighted by Gasteiger charge is -2.16. The Morgan fingerprint density at radius 2 is 1.94 bits per heavy atom. The lowest BCUT2D eigenvalue weighted by Crippen LogP contribution is -2.29. The molecule has 0 aliphatic carbocycles. The summed E-state index contributed by atoms with van der Waals surface area (Å²) in [7, 11) is -2.08. The van der Waals surface area contributed by atoms with Gasteiger partial charge < -0.3 is 0 Å². The van der Waals surface area contributed by atoms with Crippen LogP contribution in [0.2, 0.25) is 0 Å². The van der Waals surface area contributed by atoms with Crippen molar-refractivity contribution in [3.8, 4) is 0 Å². The molecule has 1 aromatic carbocycles. The molecule has 0 bridgehead atoms. The van der Waals surface area contributed by atoms with Crippen LogP contribution in [0, 0.1) is 11.6 Å². The van der Waals surface area contributed by atoms with Gasteiger partial charge in [-0.05, 0) is 17.7 Å². The maximum absolute atomic E-state index is 12.9. The molecule has 0 unspecified atom stereocenters. The third-order valence-electron chi connectivity index (χ3n) is 2.20. The molecule has 0 amide bonds. The molecule has 0 aliphatic rings. The number of sulfonamides is 1. The molecule has 1 aromatic rings. The normalized spacial score (nSPS) is 12.1. The minimum Gasteiger partial charge on any atom is -0.212 e. The SMILES string of the molecule is CN(Cc1ccc(F)c(F)c1)S(=O)(=O)CCCl. The van der Waals surface area contributed by atoms with Crippen LogP contribution >= 0.6 is 11.6 Å². The van der Waals surface area contributed by atoms with Crippen molar-refractivity contribution in [2.45, 2.75) is 6.54 Å². The molecule has 0 fully saturated rings. The number of rotatable bonds is 5. The Bertz CT molecular complexity index is 493. The van der Waals surface area contributed by atoms with Gasteiger partial charge in [-0.2, -0.15) is 0 Å². The highest BCUT2D eigenvalue weighted by Gasteiger charge is 2.17. The number of benzene rings is 1. The summed E-state index contributed by atoms with van der Waals surface area (Å²) in [5, 5.41) is 0. The minimum atomic E-state index is -3.45. The number of nitrogens with zero attached hydrogens (tertiary/aromatic N) is 1. The van der Waals surface area contributed by atoms with E-state index in [1.165, 1.54) is 13.1 Å². The number of alkyl halides is 1. The summed E-state index contributed by atoms with van der Waals surface area (Å²) in [6, 6.07) is 3.28. The molecule has 0 heterocycles. The molecule has 0 aliphatic heterocycles. The van der Waals surface area contributed by atoms with Crippen LogP contribution in [0.25, 0.3) is 0 Å². The topological polar surface area (TPSA) is 37.4 Å². The van der Waals surface area contributed by atoms with Gasteiger partial charge in [0.25, 0.3) is 0 Å². The molecule has 0 saturated heterocycles. The average molecular weight is 284 g/mol. The fraction of sp³-hybridized carbons (Fsp3) is 0.400. The van der Waals surface area contributed by atoms with Crippen LogP contribution in [0.1, 0.15) is 5.56 Å². The van der Waals surface area contributed by atoms with Gasteiger partial charge in [0.2, 0.25) is 10.0 Å². The Labute approximate surface area is 104 Å². The molecular weight excluding hydrogens is 272 g/mol. The van der Waals surface area contributed by atoms with E-state index in [4.69, 9.17) is 11.6 Å². The van der Waals surface area contributed by atoms with Crippen molar-refractivity contribution in [1.82, 2.24) is 4.31 Å². The van der Waals surface area contributed by atoms with Gasteiger partial charge in [-0.3, -0.25) is 0 Å². The first-order valence-corrected chi connectivity index (χ1v) is 6.95. The minimum absolute atomic E-state index is 0.00947. The maximum atomic E-state index is 12.9. The summed E-state index contributed by atoms with van der Waals surface area (Å²) in [6.07, 6.45) is 0. The second kappa shape index (κ2) is 5.75. The highest BCUT2D eigenvalue weighted by atomic mass is 35.5. The van der Waals surface area contributed by atoms with E-state index in [0.717, 1.165) is 16.4 Å². The molecule has 0 N–H and O–H groups in total. The third-order valence-corrected chi connectivity index (χ3v) is 4.41. The van der Waals surface area contributed by atoms with Crippen LogP contribution in [0.15, 0.2) is 18.2 Å². The first-order chi connectivity index (χ1) is 7.86. The van der Waals surface area contributed by atoms with Crippen molar-refractivity contribution in [1.29, 1.82) is 0 Å². The predicted octanol–water partition coefficient (Wildman–Crippen LogP) is 1.97. The summed E-state index contributed by atoms with van der Waals surface area (Å²) in [5.41, 5.74) is 0.379. The van der Waals surface area contributed by atoms with Gasteiger partial charge in [0, 0.05) is 19.5 Å². The summed E-state index contributed by atoms with van der Waals surface area (Å²) in [5.74, 6) is -2.15. The highest BCUT2D eigenvalue weighted by molar-refractivity contribution is 7.89. The first kappa shape index (κ1) is 14.3. The summed E-state index contributed by atoms with van der Waals surface area (Å²) in [6.45, 7) is -0.0174. The molecule has 17 heavy (non-hydrogen) atoms. The van der Waals surface area contributed by atoms with Crippen molar-refractivity contribution in [2.75, 3.05) is 18.7 Å². The van der Waals surface area contributed by atoms with Gasteiger partial charge in [-0.1, -0.05) is 6.07 Å². The summed E-state index contributed by atoms with van der Waals surface area (Å²) in [4.78, 5) is 0. The lowest BCUT2D eigenvalue weighted by atomic mass is 10.2. The lowest BCUT2D eigenvalue weighted by molar-refractivity contribution is 0.463. The van der Waals surface area contributed by atoms with E-state index in [9.17, 15) is 17.2 Å². The zero-order valence-corrected chi connectivity index (χ0v) is 10.7. The summed E-state index contributed by atoms with van der Waals surface area (Å²) < 4.78 is 49.8. The monoisotopic (exact) mass is 283 g/mol. The van der Waals surface area contributed by atoms with Crippen LogP contribution in [0.3, 0.4) is 0 Å². The molecule has 0 saturated carbocycles. The van der Waals surface area contributed by atoms with Crippen LogP contribution in [-0.2, 0) is 16.6 Å². The number of halogens is 3. The summed E-state index contributed by atoms with van der Waals surface area (Å²) >= 11 is 5.36. The number of hydrogen-bond acceptors (Lipinski definition) is 2. The third kappa shape index (κ3) is 3.90. The van der Waals surface area contributed by atoms with E-state index < -0.39 is 21.7 Å². The van der Waals surface area contributed by atoms with Crippen LogP contribution < -0.4 is 0 Å². The molecule has 0 radical (unpaired) electrons. The van der Waals surface area contributed by atoms with E-state index in [-0.39, 0.29) is 18.2 Å². The Hall–Kier alpha value is -0.720. The predicted molar refractivity (Wildman–Crippen MR) is 62.3 cm³/mol. The van der Waals surface area contributed by atoms with Gasteiger partial charge >= 0.3 is 0 Å². The molecule has 0 aromatic heterocycles. The van der Waals surface area contributed by atoms with Crippen molar-refractivity contribution in [3.05, 3.63) is 35.4 Å². The maximum Gasteiger partial charge on any atom is 0.215 e. The Morgan fingerprint density at radius 1 is 1.29 bits per heavy atom. The molecule has 96 valence electrons. The van der Waals surface area contributed by atoms with Crippen molar-refractivity contribution < 1.29 is 17.2 Å². The standard InChI is InChI=1S/C10H12ClF2NO2S/c1-14(17(15,16)5-4-11)7-8-2-3-9(12)10(13)6-8/h2-3,6H,4-5,7H2,1H3. The van der Waals surface area contributed by atoms with E-state index in [2.05, 4.69) is 0 Å². The molecule has 0 spiro atoms. The zero-order valence-electron chi connectivity index (χ0n) is 9.16. The van der Waals surface area contributed by atoms with E-state index in [0.29, 0.717) is 5.56 Å². The van der Waals surface area contributed by atoms with Gasteiger partial charge in [-0.15, -0.1) is 11.6 Å². The van der Waals surface area contributed by atoms with Gasteiger partial charge in [0.1, 0.15) is 0 Å². The van der Waals surface area contributed by atoms with Crippen molar-refractivity contribution >= 4 is 21.6 Å². The molecule has 1 rings (SSSR count). The Morgan fingerprint density at radius 3 is 2.47 bits per heavy atom. The second-order valence-electron chi connectivity index (χ2n) is 3.51. The van der Waals surface area contributed by atoms with Crippen molar-refractivity contribution in [3.63, 3.8) is 0 Å². The Kier molecular flexibility index (Phi) is 4.85. The Balaban J connectivity index is 2.81.